The number of hydrogen-bond acceptors (Lipinski definition) is 0. The van der Waals surface area contributed by atoms with E-state index in [-0.39, 0.29) is 32.8 Å². The van der Waals surface area contributed by atoms with Gasteiger partial charge in [-0.05, 0) is 21.7 Å². The first kappa shape index (κ1) is 51.2. The first-order valence-electron chi connectivity index (χ1n) is 21.5. The van der Waals surface area contributed by atoms with Gasteiger partial charge in [-0.25, -0.2) is 6.08 Å². The second-order valence-electron chi connectivity index (χ2n) is 21.8. The Morgan fingerprint density at radius 2 is 0.887 bits per heavy atom. The Labute approximate surface area is 383 Å². The van der Waals surface area contributed by atoms with Crippen molar-refractivity contribution in [2.45, 2.75) is 151 Å². The maximum atomic E-state index is 12.7. The molecule has 6 rings (SSSR count). The quantitative estimate of drug-likeness (QED) is 0.125. The molecule has 1 aliphatic rings. The Morgan fingerprint density at radius 3 is 1.16 bits per heavy atom. The van der Waals surface area contributed by atoms with E-state index in [2.05, 4.69) is 159 Å². The van der Waals surface area contributed by atoms with Crippen LogP contribution in [-0.4, -0.2) is 3.21 Å². The predicted octanol–water partition coefficient (Wildman–Crippen LogP) is 17.1. The van der Waals surface area contributed by atoms with Gasteiger partial charge in [-0.3, -0.25) is 6.08 Å². The molecule has 0 amide bonds. The average molecular weight is 932 g/mol. The number of fused-ring (bicyclic) bond motifs is 3. The third-order valence-electron chi connectivity index (χ3n) is 11.3. The summed E-state index contributed by atoms with van der Waals surface area (Å²) >= 11 is 0.729. The molecule has 7 heteroatoms. The second kappa shape index (κ2) is 18.2. The molecule has 0 aliphatic heterocycles. The van der Waals surface area contributed by atoms with Crippen molar-refractivity contribution in [2.75, 3.05) is 0 Å². The van der Waals surface area contributed by atoms with Gasteiger partial charge in [-0.15, -0.1) is 39.7 Å². The molecule has 0 N–H and O–H groups in total. The van der Waals surface area contributed by atoms with E-state index in [9.17, 15) is 26.3 Å². The fraction of sp³-hybridized carbons (Fsp3) is 0.455. The Kier molecular flexibility index (Phi) is 15.0. The van der Waals surface area contributed by atoms with Crippen LogP contribution in [0.15, 0.2) is 96.6 Å². The zero-order valence-corrected chi connectivity index (χ0v) is 42.2. The number of halogens is 6. The van der Waals surface area contributed by atoms with E-state index < -0.39 is 23.5 Å². The molecule has 1 aliphatic carbocycles. The van der Waals surface area contributed by atoms with E-state index in [1.165, 1.54) is 80.1 Å². The molecule has 0 heterocycles. The monoisotopic (exact) mass is 930 g/mol. The van der Waals surface area contributed by atoms with E-state index in [0.29, 0.717) is 14.5 Å². The first-order chi connectivity index (χ1) is 28.0. The van der Waals surface area contributed by atoms with Crippen molar-refractivity contribution < 1.29 is 50.6 Å². The van der Waals surface area contributed by atoms with Gasteiger partial charge in [0.2, 0.25) is 0 Å². The summed E-state index contributed by atoms with van der Waals surface area (Å²) in [6, 6.07) is 21.5. The van der Waals surface area contributed by atoms with Gasteiger partial charge in [0.1, 0.15) is 0 Å². The van der Waals surface area contributed by atoms with Crippen molar-refractivity contribution in [3.63, 3.8) is 0 Å². The summed E-state index contributed by atoms with van der Waals surface area (Å²) in [6.07, 6.45) is 0.0304. The van der Waals surface area contributed by atoms with Crippen molar-refractivity contribution in [3.05, 3.63) is 147 Å². The van der Waals surface area contributed by atoms with Gasteiger partial charge in [0.05, 0.1) is 0 Å². The summed E-state index contributed by atoms with van der Waals surface area (Å²) in [6.45, 7) is 37.0. The van der Waals surface area contributed by atoms with Crippen LogP contribution < -0.4 is 0 Å². The van der Waals surface area contributed by atoms with Crippen LogP contribution in [0.1, 0.15) is 162 Å². The summed E-state index contributed by atoms with van der Waals surface area (Å²) in [5.74, 6) is 0.573. The number of hydrogen-bond donors (Lipinski definition) is 0. The molecule has 1 unspecified atom stereocenters. The van der Waals surface area contributed by atoms with E-state index in [1.807, 2.05) is 0 Å². The summed E-state index contributed by atoms with van der Waals surface area (Å²) in [7, 11) is 0. The molecule has 0 spiro atoms. The average Bonchev–Trinajstić information content (AvgIpc) is 3.77. The molecule has 0 radical (unpaired) electrons. The van der Waals surface area contributed by atoms with Crippen molar-refractivity contribution in [2.24, 2.45) is 11.3 Å². The fourth-order valence-electron chi connectivity index (χ4n) is 7.67. The third-order valence-corrected chi connectivity index (χ3v) is 12.7. The van der Waals surface area contributed by atoms with Crippen molar-refractivity contribution in [1.29, 1.82) is 0 Å². The normalized spacial score (nSPS) is 15.3. The molecule has 0 aromatic heterocycles. The molecular formula is C55H66F6Zr. The van der Waals surface area contributed by atoms with Gasteiger partial charge in [0.15, 0.2) is 0 Å². The predicted molar refractivity (Wildman–Crippen MR) is 247 cm³/mol. The van der Waals surface area contributed by atoms with E-state index >= 15 is 0 Å². The van der Waals surface area contributed by atoms with E-state index in [1.54, 1.807) is 0 Å². The first-order valence-corrected chi connectivity index (χ1v) is 22.7. The van der Waals surface area contributed by atoms with Crippen LogP contribution in [0.3, 0.4) is 0 Å². The van der Waals surface area contributed by atoms with Crippen LogP contribution in [0.2, 0.25) is 0 Å². The fourth-order valence-corrected chi connectivity index (χ4v) is 8.43. The molecule has 0 fully saturated rings. The van der Waals surface area contributed by atoms with Gasteiger partial charge in [-0.1, -0.05) is 163 Å². The summed E-state index contributed by atoms with van der Waals surface area (Å²) in [5, 5.41) is 5.57. The molecule has 0 bridgehead atoms. The Balaban J connectivity index is 0.000000225. The molecule has 62 heavy (non-hydrogen) atoms. The van der Waals surface area contributed by atoms with Crippen LogP contribution in [0.5, 0.6) is 0 Å². The van der Waals surface area contributed by atoms with Gasteiger partial charge < -0.3 is 0 Å². The molecule has 1 atom stereocenters. The molecule has 0 nitrogen and oxygen atoms in total. The Morgan fingerprint density at radius 1 is 0.532 bits per heavy atom. The van der Waals surface area contributed by atoms with Crippen LogP contribution in [0, 0.1) is 17.4 Å². The SMILES string of the molecule is CC(C)(C)c1cc2[cH-]c3cc(C(C)(C)C)c(C(C)(C)C)cc3c2cc1C(C)(C)C.CCC1[C-]=CC(C(C)(C)C)=C1.FC(F)(F)c1cccc([C](=[Zr+2])c2cccc(C(F)(F)F)c2)c1. The van der Waals surface area contributed by atoms with E-state index in [4.69, 9.17) is 0 Å². The van der Waals surface area contributed by atoms with Gasteiger partial charge in [0, 0.05) is 0 Å². The molecule has 5 aromatic carbocycles. The van der Waals surface area contributed by atoms with Crippen LogP contribution in [0.25, 0.3) is 21.5 Å². The minimum absolute atomic E-state index is 0.124. The van der Waals surface area contributed by atoms with Gasteiger partial charge in [0.25, 0.3) is 0 Å². The number of rotatable bonds is 3. The van der Waals surface area contributed by atoms with Crippen molar-refractivity contribution in [1.82, 2.24) is 0 Å². The van der Waals surface area contributed by atoms with Crippen LogP contribution in [0.4, 0.5) is 26.3 Å². The zero-order chi connectivity index (χ0) is 47.2. The molecule has 5 aromatic rings. The summed E-state index contributed by atoms with van der Waals surface area (Å²) < 4.78 is 76.7. The Bertz CT molecular complexity index is 2300. The summed E-state index contributed by atoms with van der Waals surface area (Å²) in [4.78, 5) is 0. The van der Waals surface area contributed by atoms with Crippen molar-refractivity contribution in [3.8, 4) is 0 Å². The Hall–Kier alpha value is -3.44. The van der Waals surface area contributed by atoms with Crippen LogP contribution in [-0.2, 0) is 58.2 Å². The second-order valence-corrected chi connectivity index (χ2v) is 23.1. The molecule has 0 saturated heterocycles. The summed E-state index contributed by atoms with van der Waals surface area (Å²) in [5.41, 5.74) is 7.04. The van der Waals surface area contributed by atoms with Crippen LogP contribution >= 0.6 is 0 Å². The third kappa shape index (κ3) is 12.6. The molecule has 332 valence electrons. The maximum absolute atomic E-state index is 12.7. The number of allylic oxidation sites excluding steroid dienone is 4. The topological polar surface area (TPSA) is 0 Å². The number of alkyl halides is 6. The van der Waals surface area contributed by atoms with Gasteiger partial charge >= 0.3 is 137 Å². The van der Waals surface area contributed by atoms with Crippen molar-refractivity contribution >= 4 is 24.8 Å². The molecule has 0 saturated carbocycles. The van der Waals surface area contributed by atoms with Gasteiger partial charge in [-0.2, -0.15) is 11.6 Å². The zero-order valence-electron chi connectivity index (χ0n) is 39.7. The number of benzene rings is 4. The standard InChI is InChI=1S/C29H41.C15H8F6.C11H17.Zr/c1-26(2,3)22-14-18-13-19-15-23(27(4,5)6)25(29(10,11)12)17-21(19)20(18)16-24(22)28(7,8)9;16-14(17,18)12-5-1-3-10(8-12)7-11-4-2-6-13(9-11)15(19,20)21;1-5-9-6-7-10(8-9)11(2,3)4;/h13-17H,1-12H3;1-6,8-9H;7-9H,5H2,1-4H3;/q-1;;-1;+2. The van der Waals surface area contributed by atoms with E-state index in [0.717, 1.165) is 48.5 Å². The molecular weight excluding hydrogens is 866 g/mol. The minimum atomic E-state index is -4.49.